The summed E-state index contributed by atoms with van der Waals surface area (Å²) in [6.07, 6.45) is 2.36. The predicted octanol–water partition coefficient (Wildman–Crippen LogP) is 3.76. The fraction of sp³-hybridized carbons (Fsp3) is 0.316. The summed E-state index contributed by atoms with van der Waals surface area (Å²) in [6.45, 7) is 3.85. The Kier molecular flexibility index (Phi) is 6.65. The van der Waals surface area contributed by atoms with Crippen LogP contribution in [-0.2, 0) is 17.8 Å². The van der Waals surface area contributed by atoms with Gasteiger partial charge in [0.25, 0.3) is 0 Å². The summed E-state index contributed by atoms with van der Waals surface area (Å²) in [5, 5.41) is 6.26. The fourth-order valence-corrected chi connectivity index (χ4v) is 2.35. The van der Waals surface area contributed by atoms with Gasteiger partial charge >= 0.3 is 0 Å². The number of hydrogen-bond donors (Lipinski definition) is 2. The topological polar surface area (TPSA) is 41.1 Å². The number of benzene rings is 2. The van der Waals surface area contributed by atoms with Crippen LogP contribution in [0.4, 0.5) is 5.69 Å². The van der Waals surface area contributed by atoms with Crippen molar-refractivity contribution in [3.05, 3.63) is 65.7 Å². The van der Waals surface area contributed by atoms with Crippen molar-refractivity contribution in [2.75, 3.05) is 11.9 Å². The molecular weight excluding hydrogens is 272 g/mol. The van der Waals surface area contributed by atoms with E-state index in [0.717, 1.165) is 31.6 Å². The summed E-state index contributed by atoms with van der Waals surface area (Å²) >= 11 is 0. The average molecular weight is 296 g/mol. The lowest BCUT2D eigenvalue weighted by molar-refractivity contribution is -0.116. The van der Waals surface area contributed by atoms with Gasteiger partial charge in [0.15, 0.2) is 0 Å². The van der Waals surface area contributed by atoms with E-state index in [4.69, 9.17) is 0 Å². The van der Waals surface area contributed by atoms with Gasteiger partial charge in [0, 0.05) is 18.7 Å². The van der Waals surface area contributed by atoms with Gasteiger partial charge in [0.2, 0.25) is 5.91 Å². The molecule has 3 heteroatoms. The van der Waals surface area contributed by atoms with E-state index in [9.17, 15) is 4.79 Å². The van der Waals surface area contributed by atoms with Crippen LogP contribution in [0.5, 0.6) is 0 Å². The minimum atomic E-state index is 0.0801. The zero-order valence-corrected chi connectivity index (χ0v) is 13.1. The Morgan fingerprint density at radius 2 is 1.77 bits per heavy atom. The maximum atomic E-state index is 12.0. The third kappa shape index (κ3) is 5.70. The molecule has 0 aliphatic carbocycles. The lowest BCUT2D eigenvalue weighted by atomic mass is 10.1. The van der Waals surface area contributed by atoms with Crippen molar-refractivity contribution in [2.45, 2.75) is 32.7 Å². The molecule has 0 aliphatic heterocycles. The molecule has 0 saturated carbocycles. The fourth-order valence-electron chi connectivity index (χ4n) is 2.35. The van der Waals surface area contributed by atoms with Crippen LogP contribution in [0.1, 0.15) is 30.9 Å². The number of nitrogens with one attached hydrogen (secondary N) is 2. The predicted molar refractivity (Wildman–Crippen MR) is 91.8 cm³/mol. The number of carbonyl (C=O) groups excluding carboxylic acids is 1. The third-order valence-corrected chi connectivity index (χ3v) is 3.50. The molecule has 2 N–H and O–H groups in total. The second kappa shape index (κ2) is 9.00. The Labute approximate surface area is 132 Å². The Hall–Kier alpha value is -2.13. The van der Waals surface area contributed by atoms with Crippen LogP contribution >= 0.6 is 0 Å². The van der Waals surface area contributed by atoms with Crippen LogP contribution in [-0.4, -0.2) is 12.5 Å². The van der Waals surface area contributed by atoms with Gasteiger partial charge in [0.1, 0.15) is 0 Å². The third-order valence-electron chi connectivity index (χ3n) is 3.50. The summed E-state index contributed by atoms with van der Waals surface area (Å²) in [5.41, 5.74) is 3.34. The van der Waals surface area contributed by atoms with Crippen molar-refractivity contribution < 1.29 is 4.79 Å². The summed E-state index contributed by atoms with van der Waals surface area (Å²) in [4.78, 5) is 12.0. The van der Waals surface area contributed by atoms with E-state index < -0.39 is 0 Å². The van der Waals surface area contributed by atoms with E-state index in [0.29, 0.717) is 6.42 Å². The van der Waals surface area contributed by atoms with Gasteiger partial charge in [-0.2, -0.15) is 0 Å². The van der Waals surface area contributed by atoms with Crippen LogP contribution in [0.25, 0.3) is 0 Å². The monoisotopic (exact) mass is 296 g/mol. The maximum absolute atomic E-state index is 12.0. The Balaban J connectivity index is 1.77. The highest BCUT2D eigenvalue weighted by molar-refractivity contribution is 5.90. The molecule has 0 fully saturated rings. The van der Waals surface area contributed by atoms with Gasteiger partial charge in [0.05, 0.1) is 0 Å². The SMILES string of the molecule is CCNCc1cccc(NC(=O)CCCc2ccccc2)c1. The summed E-state index contributed by atoms with van der Waals surface area (Å²) in [5.74, 6) is 0.0801. The molecule has 0 spiro atoms. The molecule has 2 aromatic carbocycles. The van der Waals surface area contributed by atoms with Crippen molar-refractivity contribution in [1.82, 2.24) is 5.32 Å². The minimum absolute atomic E-state index is 0.0801. The first kappa shape index (κ1) is 16.2. The molecule has 0 aliphatic rings. The Bertz CT molecular complexity index is 581. The number of amides is 1. The normalized spacial score (nSPS) is 10.4. The van der Waals surface area contributed by atoms with Crippen molar-refractivity contribution in [3.8, 4) is 0 Å². The van der Waals surface area contributed by atoms with Gasteiger partial charge < -0.3 is 10.6 Å². The largest absolute Gasteiger partial charge is 0.326 e. The molecule has 0 atom stereocenters. The molecule has 0 aromatic heterocycles. The lowest BCUT2D eigenvalue weighted by Crippen LogP contribution is -2.14. The van der Waals surface area contributed by atoms with Crippen LogP contribution in [0.2, 0.25) is 0 Å². The molecule has 0 bridgehead atoms. The zero-order valence-electron chi connectivity index (χ0n) is 13.1. The molecule has 3 nitrogen and oxygen atoms in total. The number of carbonyl (C=O) groups is 1. The number of hydrogen-bond acceptors (Lipinski definition) is 2. The lowest BCUT2D eigenvalue weighted by Gasteiger charge is -2.08. The second-order valence-corrected chi connectivity index (χ2v) is 5.37. The van der Waals surface area contributed by atoms with Crippen LogP contribution in [0.3, 0.4) is 0 Å². The highest BCUT2D eigenvalue weighted by Crippen LogP contribution is 2.12. The molecule has 2 aromatic rings. The first-order valence-corrected chi connectivity index (χ1v) is 7.91. The van der Waals surface area contributed by atoms with E-state index in [1.807, 2.05) is 36.4 Å². The highest BCUT2D eigenvalue weighted by atomic mass is 16.1. The number of rotatable bonds is 8. The number of aryl methyl sites for hydroxylation is 1. The summed E-state index contributed by atoms with van der Waals surface area (Å²) in [6, 6.07) is 18.3. The van der Waals surface area contributed by atoms with E-state index in [-0.39, 0.29) is 5.91 Å². The standard InChI is InChI=1S/C19H24N2O/c1-2-20-15-17-11-6-12-18(14-17)21-19(22)13-7-10-16-8-4-3-5-9-16/h3-6,8-9,11-12,14,20H,2,7,10,13,15H2,1H3,(H,21,22). The smallest absolute Gasteiger partial charge is 0.224 e. The van der Waals surface area contributed by atoms with Crippen LogP contribution in [0, 0.1) is 0 Å². The van der Waals surface area contributed by atoms with Crippen LogP contribution < -0.4 is 10.6 Å². The first-order chi connectivity index (χ1) is 10.8. The second-order valence-electron chi connectivity index (χ2n) is 5.37. The average Bonchev–Trinajstić information content (AvgIpc) is 2.54. The molecule has 2 rings (SSSR count). The van der Waals surface area contributed by atoms with Gasteiger partial charge in [-0.15, -0.1) is 0 Å². The Morgan fingerprint density at radius 3 is 2.55 bits per heavy atom. The van der Waals surface area contributed by atoms with Crippen LogP contribution in [0.15, 0.2) is 54.6 Å². The summed E-state index contributed by atoms with van der Waals surface area (Å²) in [7, 11) is 0. The molecule has 0 radical (unpaired) electrons. The molecule has 116 valence electrons. The first-order valence-electron chi connectivity index (χ1n) is 7.91. The molecular formula is C19H24N2O. The quantitative estimate of drug-likeness (QED) is 0.779. The Morgan fingerprint density at radius 1 is 1.00 bits per heavy atom. The van der Waals surface area contributed by atoms with Crippen molar-refractivity contribution in [2.24, 2.45) is 0 Å². The van der Waals surface area contributed by atoms with E-state index in [1.165, 1.54) is 11.1 Å². The molecule has 22 heavy (non-hydrogen) atoms. The van der Waals surface area contributed by atoms with Gasteiger partial charge in [-0.1, -0.05) is 49.4 Å². The zero-order chi connectivity index (χ0) is 15.6. The highest BCUT2D eigenvalue weighted by Gasteiger charge is 2.03. The molecule has 1 amide bonds. The molecule has 0 saturated heterocycles. The minimum Gasteiger partial charge on any atom is -0.326 e. The van der Waals surface area contributed by atoms with E-state index in [1.54, 1.807) is 0 Å². The maximum Gasteiger partial charge on any atom is 0.224 e. The van der Waals surface area contributed by atoms with Gasteiger partial charge in [-0.25, -0.2) is 0 Å². The summed E-state index contributed by atoms with van der Waals surface area (Å²) < 4.78 is 0. The van der Waals surface area contributed by atoms with Gasteiger partial charge in [-0.3, -0.25) is 4.79 Å². The van der Waals surface area contributed by atoms with Crippen molar-refractivity contribution in [3.63, 3.8) is 0 Å². The van der Waals surface area contributed by atoms with Crippen molar-refractivity contribution >= 4 is 11.6 Å². The van der Waals surface area contributed by atoms with Gasteiger partial charge in [-0.05, 0) is 42.6 Å². The molecule has 0 unspecified atom stereocenters. The molecule has 0 heterocycles. The van der Waals surface area contributed by atoms with E-state index >= 15 is 0 Å². The number of anilines is 1. The van der Waals surface area contributed by atoms with E-state index in [2.05, 4.69) is 35.8 Å². The van der Waals surface area contributed by atoms with Crippen molar-refractivity contribution in [1.29, 1.82) is 0 Å².